The van der Waals surface area contributed by atoms with Gasteiger partial charge in [-0.05, 0) is 68.0 Å². The van der Waals surface area contributed by atoms with Gasteiger partial charge in [-0.2, -0.15) is 5.26 Å². The Hall–Kier alpha value is -3.53. The molecule has 1 aromatic carbocycles. The third-order valence-electron chi connectivity index (χ3n) is 6.37. The van der Waals surface area contributed by atoms with E-state index in [1.165, 1.54) is 18.3 Å². The summed E-state index contributed by atoms with van der Waals surface area (Å²) >= 11 is 0. The van der Waals surface area contributed by atoms with Crippen molar-refractivity contribution in [1.29, 1.82) is 5.26 Å². The first-order valence-corrected chi connectivity index (χ1v) is 9.95. The van der Waals surface area contributed by atoms with Crippen LogP contribution in [0.5, 0.6) is 0 Å². The Labute approximate surface area is 171 Å². The first-order valence-electron chi connectivity index (χ1n) is 9.95. The molecule has 0 unspecified atom stereocenters. The number of nitrogens with zero attached hydrogens (tertiary/aromatic N) is 2. The smallest absolute Gasteiger partial charge is 0.252 e. The third kappa shape index (κ3) is 2.71. The van der Waals surface area contributed by atoms with Crippen LogP contribution < -0.4 is 10.9 Å². The average molecular weight is 402 g/mol. The second-order valence-electron chi connectivity index (χ2n) is 8.17. The van der Waals surface area contributed by atoms with Gasteiger partial charge in [0.05, 0.1) is 22.7 Å². The fourth-order valence-electron chi connectivity index (χ4n) is 4.69. The molecule has 5 rings (SSSR count). The molecular formula is C23H19FN4O2. The first-order chi connectivity index (χ1) is 14.4. The van der Waals surface area contributed by atoms with Crippen LogP contribution in [0.15, 0.2) is 35.3 Å². The molecule has 30 heavy (non-hydrogen) atoms. The molecule has 2 heterocycles. The summed E-state index contributed by atoms with van der Waals surface area (Å²) in [6.07, 6.45) is 4.11. The Morgan fingerprint density at radius 2 is 2.17 bits per heavy atom. The summed E-state index contributed by atoms with van der Waals surface area (Å²) in [6, 6.07) is 7.89. The number of carbonyl (C=O) groups excluding carboxylic acids is 1. The topological polar surface area (TPSA) is 98.6 Å². The lowest BCUT2D eigenvalue weighted by molar-refractivity contribution is -0.124. The molecular weight excluding hydrogens is 383 g/mol. The highest BCUT2D eigenvalue weighted by molar-refractivity contribution is 5.94. The number of fused-ring (bicyclic) bond motifs is 2. The normalized spacial score (nSPS) is 18.6. The maximum atomic E-state index is 13.8. The van der Waals surface area contributed by atoms with Crippen molar-refractivity contribution >= 4 is 16.8 Å². The van der Waals surface area contributed by atoms with Gasteiger partial charge in [0.25, 0.3) is 5.56 Å². The molecule has 0 saturated heterocycles. The van der Waals surface area contributed by atoms with Crippen LogP contribution in [-0.2, 0) is 16.6 Å². The molecule has 0 aliphatic heterocycles. The molecule has 7 heteroatoms. The van der Waals surface area contributed by atoms with Crippen molar-refractivity contribution in [2.75, 3.05) is 0 Å². The minimum absolute atomic E-state index is 0.198. The quantitative estimate of drug-likeness (QED) is 0.703. The fraction of sp³-hybridized carbons (Fsp3) is 0.304. The fourth-order valence-corrected chi connectivity index (χ4v) is 4.69. The van der Waals surface area contributed by atoms with Gasteiger partial charge in [0.2, 0.25) is 5.91 Å². The zero-order chi connectivity index (χ0) is 21.0. The number of amides is 1. The average Bonchev–Trinajstić information content (AvgIpc) is 3.44. The summed E-state index contributed by atoms with van der Waals surface area (Å²) in [5, 5.41) is 12.7. The van der Waals surface area contributed by atoms with Crippen LogP contribution in [0.1, 0.15) is 53.3 Å². The van der Waals surface area contributed by atoms with Crippen LogP contribution in [0.25, 0.3) is 10.9 Å². The summed E-state index contributed by atoms with van der Waals surface area (Å²) in [5.74, 6) is -0.584. The number of pyridine rings is 2. The number of H-pyrrole nitrogens is 1. The SMILES string of the molecule is Cc1c(C2(C(=O)N[C@H]3CCc4cc(C#N)cnc43)CC2)c(=O)[nH]c2ccc(F)cc12. The highest BCUT2D eigenvalue weighted by Crippen LogP contribution is 2.49. The summed E-state index contributed by atoms with van der Waals surface area (Å²) in [4.78, 5) is 33.4. The highest BCUT2D eigenvalue weighted by Gasteiger charge is 2.54. The van der Waals surface area contributed by atoms with Crippen LogP contribution in [0.4, 0.5) is 4.39 Å². The van der Waals surface area contributed by atoms with Crippen molar-refractivity contribution in [2.45, 2.75) is 44.1 Å². The van der Waals surface area contributed by atoms with Crippen molar-refractivity contribution in [2.24, 2.45) is 0 Å². The number of aromatic amines is 1. The molecule has 2 aliphatic carbocycles. The number of carbonyl (C=O) groups is 1. The standard InChI is InChI=1S/C23H19FN4O2/c1-12-16-9-15(24)3-5-17(16)27-21(29)19(12)23(6-7-23)22(30)28-18-4-2-14-8-13(10-25)11-26-20(14)18/h3,5,8-9,11,18H,2,4,6-7H2,1H3,(H,27,29)(H,28,30)/t18-/m0/s1. The summed E-state index contributed by atoms with van der Waals surface area (Å²) in [6.45, 7) is 1.77. The predicted octanol–water partition coefficient (Wildman–Crippen LogP) is 3.08. The molecule has 6 nitrogen and oxygen atoms in total. The lowest BCUT2D eigenvalue weighted by atomic mass is 9.90. The lowest BCUT2D eigenvalue weighted by Crippen LogP contribution is -2.40. The molecule has 1 amide bonds. The van der Waals surface area contributed by atoms with E-state index in [9.17, 15) is 14.0 Å². The largest absolute Gasteiger partial charge is 0.347 e. The van der Waals surface area contributed by atoms with Crippen LogP contribution in [0, 0.1) is 24.1 Å². The molecule has 2 N–H and O–H groups in total. The van der Waals surface area contributed by atoms with Gasteiger partial charge in [0, 0.05) is 22.7 Å². The van der Waals surface area contributed by atoms with E-state index in [-0.39, 0.29) is 23.3 Å². The molecule has 1 saturated carbocycles. The van der Waals surface area contributed by atoms with Crippen LogP contribution in [0.3, 0.4) is 0 Å². The molecule has 1 fully saturated rings. The second kappa shape index (κ2) is 6.49. The van der Waals surface area contributed by atoms with Crippen molar-refractivity contribution in [1.82, 2.24) is 15.3 Å². The van der Waals surface area contributed by atoms with Crippen LogP contribution in [-0.4, -0.2) is 15.9 Å². The van der Waals surface area contributed by atoms with Gasteiger partial charge in [-0.3, -0.25) is 14.6 Å². The zero-order valence-electron chi connectivity index (χ0n) is 16.4. The molecule has 2 aromatic heterocycles. The monoisotopic (exact) mass is 402 g/mol. The molecule has 0 spiro atoms. The summed E-state index contributed by atoms with van der Waals surface area (Å²) < 4.78 is 13.8. The lowest BCUT2D eigenvalue weighted by Gasteiger charge is -2.21. The minimum atomic E-state index is -0.895. The summed E-state index contributed by atoms with van der Waals surface area (Å²) in [5.41, 5.74) is 2.68. The molecule has 150 valence electrons. The molecule has 0 bridgehead atoms. The van der Waals surface area contributed by atoms with Crippen LogP contribution in [0.2, 0.25) is 0 Å². The van der Waals surface area contributed by atoms with Crippen molar-refractivity contribution in [3.05, 3.63) is 74.6 Å². The Morgan fingerprint density at radius 1 is 1.37 bits per heavy atom. The molecule has 0 radical (unpaired) electrons. The highest BCUT2D eigenvalue weighted by atomic mass is 19.1. The Morgan fingerprint density at radius 3 is 2.90 bits per heavy atom. The van der Waals surface area contributed by atoms with E-state index >= 15 is 0 Å². The summed E-state index contributed by atoms with van der Waals surface area (Å²) in [7, 11) is 0. The number of nitrogens with one attached hydrogen (secondary N) is 2. The van der Waals surface area contributed by atoms with Gasteiger partial charge >= 0.3 is 0 Å². The number of aromatic nitrogens is 2. The van der Waals surface area contributed by atoms with E-state index in [0.29, 0.717) is 46.9 Å². The van der Waals surface area contributed by atoms with Gasteiger partial charge in [-0.25, -0.2) is 4.39 Å². The van der Waals surface area contributed by atoms with E-state index in [1.807, 2.05) is 6.07 Å². The second-order valence-corrected chi connectivity index (χ2v) is 8.17. The van der Waals surface area contributed by atoms with Crippen molar-refractivity contribution in [3.63, 3.8) is 0 Å². The minimum Gasteiger partial charge on any atom is -0.347 e. The van der Waals surface area contributed by atoms with Crippen molar-refractivity contribution in [3.8, 4) is 6.07 Å². The Kier molecular flexibility index (Phi) is 4.00. The van der Waals surface area contributed by atoms with Crippen molar-refractivity contribution < 1.29 is 9.18 Å². The number of halogens is 1. The van der Waals surface area contributed by atoms with Gasteiger partial charge in [-0.15, -0.1) is 0 Å². The first kappa shape index (κ1) is 18.5. The number of hydrogen-bond acceptors (Lipinski definition) is 4. The number of hydrogen-bond donors (Lipinski definition) is 2. The molecule has 3 aromatic rings. The van der Waals surface area contributed by atoms with Gasteiger partial charge in [0.15, 0.2) is 0 Å². The van der Waals surface area contributed by atoms with Gasteiger partial charge in [0.1, 0.15) is 11.9 Å². The van der Waals surface area contributed by atoms with Crippen LogP contribution >= 0.6 is 0 Å². The number of nitriles is 1. The number of rotatable bonds is 3. The van der Waals surface area contributed by atoms with E-state index in [4.69, 9.17) is 5.26 Å². The Bertz CT molecular complexity index is 1320. The zero-order valence-corrected chi connectivity index (χ0v) is 16.4. The number of aryl methyl sites for hydroxylation is 2. The van der Waals surface area contributed by atoms with E-state index in [0.717, 1.165) is 17.7 Å². The third-order valence-corrected chi connectivity index (χ3v) is 6.37. The Balaban J connectivity index is 1.50. The number of benzene rings is 1. The van der Waals surface area contributed by atoms with E-state index in [2.05, 4.69) is 21.4 Å². The van der Waals surface area contributed by atoms with Gasteiger partial charge < -0.3 is 10.3 Å². The molecule has 2 aliphatic rings. The molecule has 1 atom stereocenters. The predicted molar refractivity (Wildman–Crippen MR) is 108 cm³/mol. The van der Waals surface area contributed by atoms with E-state index in [1.54, 1.807) is 13.0 Å². The maximum Gasteiger partial charge on any atom is 0.252 e. The maximum absolute atomic E-state index is 13.8. The van der Waals surface area contributed by atoms with E-state index < -0.39 is 5.41 Å². The van der Waals surface area contributed by atoms with Gasteiger partial charge in [-0.1, -0.05) is 0 Å².